The van der Waals surface area contributed by atoms with E-state index < -0.39 is 6.04 Å². The summed E-state index contributed by atoms with van der Waals surface area (Å²) in [4.78, 5) is 11.7. The van der Waals surface area contributed by atoms with Crippen molar-refractivity contribution in [3.05, 3.63) is 54.1 Å². The van der Waals surface area contributed by atoms with Crippen molar-refractivity contribution in [2.45, 2.75) is 19.9 Å². The van der Waals surface area contributed by atoms with Crippen LogP contribution in [0.2, 0.25) is 0 Å². The van der Waals surface area contributed by atoms with Gasteiger partial charge in [0.15, 0.2) is 5.75 Å². The lowest BCUT2D eigenvalue weighted by Crippen LogP contribution is -2.32. The molecule has 20 heavy (non-hydrogen) atoms. The zero-order valence-electron chi connectivity index (χ0n) is 11.6. The molecule has 2 aromatic carbocycles. The van der Waals surface area contributed by atoms with Crippen molar-refractivity contribution in [2.24, 2.45) is 5.73 Å². The van der Waals surface area contributed by atoms with Crippen molar-refractivity contribution in [3.63, 3.8) is 0 Å². The number of para-hydroxylation sites is 2. The van der Waals surface area contributed by atoms with Gasteiger partial charge in [0.2, 0.25) is 5.91 Å². The first-order chi connectivity index (χ1) is 9.56. The van der Waals surface area contributed by atoms with Crippen molar-refractivity contribution < 1.29 is 9.53 Å². The molecule has 0 aliphatic carbocycles. The molecule has 0 saturated carbocycles. The fourth-order valence-electron chi connectivity index (χ4n) is 1.71. The zero-order chi connectivity index (χ0) is 14.5. The van der Waals surface area contributed by atoms with Gasteiger partial charge >= 0.3 is 0 Å². The largest absolute Gasteiger partial charge is 0.455 e. The summed E-state index contributed by atoms with van der Waals surface area (Å²) in [5.74, 6) is 1.07. The third kappa shape index (κ3) is 3.59. The van der Waals surface area contributed by atoms with Crippen LogP contribution >= 0.6 is 0 Å². The number of hydrogen-bond acceptors (Lipinski definition) is 3. The first kappa shape index (κ1) is 14.1. The molecule has 0 heterocycles. The number of nitrogens with one attached hydrogen (secondary N) is 1. The van der Waals surface area contributed by atoms with Crippen LogP contribution in [0.15, 0.2) is 48.5 Å². The Kier molecular flexibility index (Phi) is 4.38. The molecule has 4 heteroatoms. The third-order valence-electron chi connectivity index (χ3n) is 2.78. The quantitative estimate of drug-likeness (QED) is 0.897. The van der Waals surface area contributed by atoms with E-state index >= 15 is 0 Å². The molecule has 0 radical (unpaired) electrons. The van der Waals surface area contributed by atoms with Gasteiger partial charge in [-0.15, -0.1) is 0 Å². The smallest absolute Gasteiger partial charge is 0.241 e. The molecule has 1 atom stereocenters. The van der Waals surface area contributed by atoms with Gasteiger partial charge in [0, 0.05) is 0 Å². The molecule has 1 amide bonds. The second-order valence-corrected chi connectivity index (χ2v) is 4.69. The lowest BCUT2D eigenvalue weighted by atomic mass is 10.2. The van der Waals surface area contributed by atoms with Crippen LogP contribution in [-0.2, 0) is 4.79 Å². The van der Waals surface area contributed by atoms with Crippen molar-refractivity contribution in [1.29, 1.82) is 0 Å². The molecule has 4 nitrogen and oxygen atoms in total. The van der Waals surface area contributed by atoms with Crippen LogP contribution in [0, 0.1) is 6.92 Å². The number of amides is 1. The Bertz CT molecular complexity index is 609. The van der Waals surface area contributed by atoms with E-state index in [1.54, 1.807) is 19.1 Å². The molecule has 2 rings (SSSR count). The minimum Gasteiger partial charge on any atom is -0.455 e. The van der Waals surface area contributed by atoms with Gasteiger partial charge in [-0.1, -0.05) is 24.3 Å². The number of hydrogen-bond donors (Lipinski definition) is 2. The maximum Gasteiger partial charge on any atom is 0.241 e. The number of carbonyl (C=O) groups is 1. The van der Waals surface area contributed by atoms with E-state index in [-0.39, 0.29) is 5.91 Å². The van der Waals surface area contributed by atoms with Crippen LogP contribution in [-0.4, -0.2) is 11.9 Å². The molecule has 0 fully saturated rings. The summed E-state index contributed by atoms with van der Waals surface area (Å²) in [6, 6.07) is 14.4. The summed E-state index contributed by atoms with van der Waals surface area (Å²) in [6.07, 6.45) is 0. The summed E-state index contributed by atoms with van der Waals surface area (Å²) in [5.41, 5.74) is 7.27. The van der Waals surface area contributed by atoms with Crippen LogP contribution in [0.25, 0.3) is 0 Å². The molecule has 2 aromatic rings. The van der Waals surface area contributed by atoms with Crippen molar-refractivity contribution in [1.82, 2.24) is 0 Å². The van der Waals surface area contributed by atoms with Gasteiger partial charge < -0.3 is 15.8 Å². The average Bonchev–Trinajstić information content (AvgIpc) is 2.41. The number of benzene rings is 2. The van der Waals surface area contributed by atoms with Crippen molar-refractivity contribution in [3.8, 4) is 11.5 Å². The second kappa shape index (κ2) is 6.21. The minimum absolute atomic E-state index is 0.245. The standard InChI is InChI=1S/C16H18N2O2/c1-11-6-5-7-13(10-11)20-15-9-4-3-8-14(15)18-16(19)12(2)17/h3-10,12H,17H2,1-2H3,(H,18,19). The van der Waals surface area contributed by atoms with Crippen LogP contribution in [0.1, 0.15) is 12.5 Å². The monoisotopic (exact) mass is 270 g/mol. The van der Waals surface area contributed by atoms with E-state index in [0.717, 1.165) is 11.3 Å². The van der Waals surface area contributed by atoms with E-state index in [4.69, 9.17) is 10.5 Å². The summed E-state index contributed by atoms with van der Waals surface area (Å²) in [7, 11) is 0. The van der Waals surface area contributed by atoms with Gasteiger partial charge in [-0.3, -0.25) is 4.79 Å². The molecular weight excluding hydrogens is 252 g/mol. The van der Waals surface area contributed by atoms with Crippen LogP contribution in [0.3, 0.4) is 0 Å². The third-order valence-corrected chi connectivity index (χ3v) is 2.78. The second-order valence-electron chi connectivity index (χ2n) is 4.69. The van der Waals surface area contributed by atoms with Gasteiger partial charge in [0.05, 0.1) is 11.7 Å². The van der Waals surface area contributed by atoms with Gasteiger partial charge in [0.1, 0.15) is 5.75 Å². The predicted molar refractivity (Wildman–Crippen MR) is 80.0 cm³/mol. The number of anilines is 1. The van der Waals surface area contributed by atoms with Crippen molar-refractivity contribution in [2.75, 3.05) is 5.32 Å². The highest BCUT2D eigenvalue weighted by molar-refractivity contribution is 5.95. The molecule has 0 bridgehead atoms. The average molecular weight is 270 g/mol. The highest BCUT2D eigenvalue weighted by Crippen LogP contribution is 2.29. The van der Waals surface area contributed by atoms with E-state index in [2.05, 4.69) is 5.32 Å². The van der Waals surface area contributed by atoms with Crippen LogP contribution in [0.4, 0.5) is 5.69 Å². The molecule has 104 valence electrons. The van der Waals surface area contributed by atoms with Crippen LogP contribution in [0.5, 0.6) is 11.5 Å². The lowest BCUT2D eigenvalue weighted by molar-refractivity contribution is -0.117. The Morgan fingerprint density at radius 2 is 1.95 bits per heavy atom. The molecule has 0 aliphatic heterocycles. The van der Waals surface area contributed by atoms with E-state index in [1.165, 1.54) is 0 Å². The molecule has 0 aromatic heterocycles. The van der Waals surface area contributed by atoms with E-state index in [0.29, 0.717) is 11.4 Å². The summed E-state index contributed by atoms with van der Waals surface area (Å²) >= 11 is 0. The van der Waals surface area contributed by atoms with Gasteiger partial charge in [-0.25, -0.2) is 0 Å². The highest BCUT2D eigenvalue weighted by atomic mass is 16.5. The normalized spacial score (nSPS) is 11.8. The molecule has 0 saturated heterocycles. The topological polar surface area (TPSA) is 64.3 Å². The highest BCUT2D eigenvalue weighted by Gasteiger charge is 2.11. The lowest BCUT2D eigenvalue weighted by Gasteiger charge is -2.13. The Morgan fingerprint density at radius 1 is 1.20 bits per heavy atom. The number of nitrogens with two attached hydrogens (primary N) is 1. The molecule has 1 unspecified atom stereocenters. The van der Waals surface area contributed by atoms with Gasteiger partial charge in [0.25, 0.3) is 0 Å². The van der Waals surface area contributed by atoms with E-state index in [1.807, 2.05) is 43.3 Å². The molecule has 0 aliphatic rings. The fraction of sp³-hybridized carbons (Fsp3) is 0.188. The summed E-state index contributed by atoms with van der Waals surface area (Å²) in [6.45, 7) is 3.63. The summed E-state index contributed by atoms with van der Waals surface area (Å²) < 4.78 is 5.82. The SMILES string of the molecule is Cc1cccc(Oc2ccccc2NC(=O)C(C)N)c1. The molecule has 3 N–H and O–H groups in total. The first-order valence-corrected chi connectivity index (χ1v) is 6.46. The van der Waals surface area contributed by atoms with E-state index in [9.17, 15) is 4.79 Å². The Labute approximate surface area is 118 Å². The van der Waals surface area contributed by atoms with Gasteiger partial charge in [-0.05, 0) is 43.7 Å². The number of ether oxygens (including phenoxy) is 1. The Morgan fingerprint density at radius 3 is 2.65 bits per heavy atom. The minimum atomic E-state index is -0.568. The number of aryl methyl sites for hydroxylation is 1. The first-order valence-electron chi connectivity index (χ1n) is 6.46. The Hall–Kier alpha value is -2.33. The number of carbonyl (C=O) groups excluding carboxylic acids is 1. The molecule has 0 spiro atoms. The maximum absolute atomic E-state index is 11.7. The zero-order valence-corrected chi connectivity index (χ0v) is 11.6. The maximum atomic E-state index is 11.7. The predicted octanol–water partition coefficient (Wildman–Crippen LogP) is 3.07. The Balaban J connectivity index is 2.22. The number of rotatable bonds is 4. The summed E-state index contributed by atoms with van der Waals surface area (Å²) in [5, 5.41) is 2.76. The van der Waals surface area contributed by atoms with Crippen LogP contribution < -0.4 is 15.8 Å². The molecular formula is C16H18N2O2. The fourth-order valence-corrected chi connectivity index (χ4v) is 1.71. The van der Waals surface area contributed by atoms with Crippen molar-refractivity contribution >= 4 is 11.6 Å². The van der Waals surface area contributed by atoms with Gasteiger partial charge in [-0.2, -0.15) is 0 Å².